The summed E-state index contributed by atoms with van der Waals surface area (Å²) in [5, 5.41) is 5.46. The first-order valence-electron chi connectivity index (χ1n) is 6.81. The van der Waals surface area contributed by atoms with E-state index in [-0.39, 0.29) is 30.0 Å². The number of carbonyl (C=O) groups excluding carboxylic acids is 2. The average molecular weight is 278 g/mol. The Hall–Kier alpha value is -1.91. The van der Waals surface area contributed by atoms with Crippen molar-refractivity contribution in [3.63, 3.8) is 0 Å². The quantitative estimate of drug-likeness (QED) is 0.867. The van der Waals surface area contributed by atoms with E-state index < -0.39 is 0 Å². The topological polar surface area (TPSA) is 58.2 Å². The molecule has 5 heteroatoms. The monoisotopic (exact) mass is 278 g/mol. The molecule has 1 aliphatic rings. The molecule has 4 nitrogen and oxygen atoms in total. The van der Waals surface area contributed by atoms with Crippen LogP contribution < -0.4 is 10.6 Å². The lowest BCUT2D eigenvalue weighted by Crippen LogP contribution is -2.29. The molecule has 20 heavy (non-hydrogen) atoms. The molecule has 108 valence electrons. The van der Waals surface area contributed by atoms with Crippen LogP contribution in [0.25, 0.3) is 0 Å². The van der Waals surface area contributed by atoms with Gasteiger partial charge in [0.15, 0.2) is 0 Å². The number of nitrogens with one attached hydrogen (secondary N) is 2. The Morgan fingerprint density at radius 1 is 1.40 bits per heavy atom. The van der Waals surface area contributed by atoms with Gasteiger partial charge < -0.3 is 10.6 Å². The Bertz CT molecular complexity index is 531. The van der Waals surface area contributed by atoms with Crippen LogP contribution in [0.1, 0.15) is 25.3 Å². The molecule has 0 spiro atoms. The lowest BCUT2D eigenvalue weighted by Gasteiger charge is -2.09. The predicted molar refractivity (Wildman–Crippen MR) is 74.7 cm³/mol. The Morgan fingerprint density at radius 2 is 2.10 bits per heavy atom. The van der Waals surface area contributed by atoms with Crippen molar-refractivity contribution in [3.05, 3.63) is 29.6 Å². The first kappa shape index (κ1) is 14.5. The standard InChI is InChI=1S/C15H19FN2O2/c1-9-8-12(9)15(20)17-6-5-14(19)18-13-4-3-11(16)7-10(13)2/h3-4,7,9,12H,5-6,8H2,1-2H3,(H,17,20)(H,18,19). The van der Waals surface area contributed by atoms with E-state index in [9.17, 15) is 14.0 Å². The average Bonchev–Trinajstić information content (AvgIpc) is 3.10. The van der Waals surface area contributed by atoms with Crippen molar-refractivity contribution in [1.29, 1.82) is 0 Å². The van der Waals surface area contributed by atoms with Crippen molar-refractivity contribution in [1.82, 2.24) is 5.32 Å². The summed E-state index contributed by atoms with van der Waals surface area (Å²) >= 11 is 0. The number of halogens is 1. The highest BCUT2D eigenvalue weighted by atomic mass is 19.1. The lowest BCUT2D eigenvalue weighted by atomic mass is 10.2. The molecule has 2 amide bonds. The summed E-state index contributed by atoms with van der Waals surface area (Å²) < 4.78 is 12.9. The molecule has 1 aliphatic carbocycles. The Balaban J connectivity index is 1.73. The van der Waals surface area contributed by atoms with Crippen LogP contribution in [0.2, 0.25) is 0 Å². The largest absolute Gasteiger partial charge is 0.355 e. The van der Waals surface area contributed by atoms with Gasteiger partial charge in [0.25, 0.3) is 0 Å². The summed E-state index contributed by atoms with van der Waals surface area (Å²) in [5.74, 6) is 0.0986. The molecule has 2 rings (SSSR count). The van der Waals surface area contributed by atoms with Crippen molar-refractivity contribution in [2.24, 2.45) is 11.8 Å². The summed E-state index contributed by atoms with van der Waals surface area (Å²) in [4.78, 5) is 23.3. The molecule has 0 heterocycles. The maximum atomic E-state index is 12.9. The van der Waals surface area contributed by atoms with E-state index in [4.69, 9.17) is 0 Å². The third-order valence-electron chi connectivity index (χ3n) is 3.56. The first-order valence-corrected chi connectivity index (χ1v) is 6.81. The fraction of sp³-hybridized carbons (Fsp3) is 0.467. The van der Waals surface area contributed by atoms with Crippen LogP contribution in [-0.2, 0) is 9.59 Å². The molecule has 0 radical (unpaired) electrons. The van der Waals surface area contributed by atoms with E-state index in [1.54, 1.807) is 6.92 Å². The molecule has 0 aromatic heterocycles. The maximum absolute atomic E-state index is 12.9. The summed E-state index contributed by atoms with van der Waals surface area (Å²) in [6.45, 7) is 4.09. The van der Waals surface area contributed by atoms with Crippen LogP contribution in [-0.4, -0.2) is 18.4 Å². The normalized spacial score (nSPS) is 20.4. The van der Waals surface area contributed by atoms with Crippen LogP contribution in [0.15, 0.2) is 18.2 Å². The van der Waals surface area contributed by atoms with Crippen molar-refractivity contribution in [3.8, 4) is 0 Å². The van der Waals surface area contributed by atoms with Gasteiger partial charge in [-0.1, -0.05) is 6.92 Å². The van der Waals surface area contributed by atoms with Crippen LogP contribution >= 0.6 is 0 Å². The molecule has 1 aromatic rings. The molecule has 2 atom stereocenters. The Kier molecular flexibility index (Phi) is 4.37. The number of carbonyl (C=O) groups is 2. The van der Waals surface area contributed by atoms with Crippen molar-refractivity contribution >= 4 is 17.5 Å². The Morgan fingerprint density at radius 3 is 2.70 bits per heavy atom. The number of anilines is 1. The van der Waals surface area contributed by atoms with Gasteiger partial charge in [-0.2, -0.15) is 0 Å². The van der Waals surface area contributed by atoms with Crippen molar-refractivity contribution in [2.45, 2.75) is 26.7 Å². The summed E-state index contributed by atoms with van der Waals surface area (Å²) in [5.41, 5.74) is 1.27. The van der Waals surface area contributed by atoms with E-state index in [2.05, 4.69) is 10.6 Å². The van der Waals surface area contributed by atoms with E-state index in [0.717, 1.165) is 6.42 Å². The van der Waals surface area contributed by atoms with Crippen LogP contribution in [0.5, 0.6) is 0 Å². The molecule has 1 fully saturated rings. The fourth-order valence-electron chi connectivity index (χ4n) is 2.10. The lowest BCUT2D eigenvalue weighted by molar-refractivity contribution is -0.122. The SMILES string of the molecule is Cc1cc(F)ccc1NC(=O)CCNC(=O)C1CC1C. The molecule has 0 bridgehead atoms. The van der Waals surface area contributed by atoms with E-state index in [0.29, 0.717) is 23.7 Å². The maximum Gasteiger partial charge on any atom is 0.226 e. The molecule has 2 N–H and O–H groups in total. The molecule has 2 unspecified atom stereocenters. The van der Waals surface area contributed by atoms with Gasteiger partial charge in [-0.05, 0) is 43.0 Å². The molecule has 1 saturated carbocycles. The third kappa shape index (κ3) is 3.79. The number of amides is 2. The second-order valence-electron chi connectivity index (χ2n) is 5.37. The van der Waals surface area contributed by atoms with Crippen molar-refractivity contribution < 1.29 is 14.0 Å². The van der Waals surface area contributed by atoms with Crippen LogP contribution in [0, 0.1) is 24.6 Å². The number of aryl methyl sites for hydroxylation is 1. The molecule has 1 aromatic carbocycles. The van der Waals surface area contributed by atoms with E-state index in [1.807, 2.05) is 6.92 Å². The summed E-state index contributed by atoms with van der Waals surface area (Å²) in [7, 11) is 0. The van der Waals surface area contributed by atoms with Gasteiger partial charge >= 0.3 is 0 Å². The number of rotatable bonds is 5. The van der Waals surface area contributed by atoms with Gasteiger partial charge in [-0.25, -0.2) is 4.39 Å². The third-order valence-corrected chi connectivity index (χ3v) is 3.56. The van der Waals surface area contributed by atoms with Crippen molar-refractivity contribution in [2.75, 3.05) is 11.9 Å². The fourth-order valence-corrected chi connectivity index (χ4v) is 2.10. The zero-order valence-electron chi connectivity index (χ0n) is 11.7. The molecular weight excluding hydrogens is 259 g/mol. The predicted octanol–water partition coefficient (Wildman–Crippen LogP) is 2.23. The van der Waals surface area contributed by atoms with Gasteiger partial charge in [0, 0.05) is 24.6 Å². The first-order chi connectivity index (χ1) is 9.47. The zero-order valence-corrected chi connectivity index (χ0v) is 11.7. The zero-order chi connectivity index (χ0) is 14.7. The van der Waals surface area contributed by atoms with Gasteiger partial charge in [0.2, 0.25) is 11.8 Å². The minimum atomic E-state index is -0.327. The van der Waals surface area contributed by atoms with E-state index in [1.165, 1.54) is 18.2 Å². The highest BCUT2D eigenvalue weighted by Gasteiger charge is 2.38. The summed E-state index contributed by atoms with van der Waals surface area (Å²) in [6.07, 6.45) is 1.15. The van der Waals surface area contributed by atoms with Crippen LogP contribution in [0.3, 0.4) is 0 Å². The van der Waals surface area contributed by atoms with Gasteiger partial charge in [0.1, 0.15) is 5.82 Å². The summed E-state index contributed by atoms with van der Waals surface area (Å²) in [6, 6.07) is 4.21. The smallest absolute Gasteiger partial charge is 0.226 e. The highest BCUT2D eigenvalue weighted by Crippen LogP contribution is 2.37. The number of benzene rings is 1. The minimum Gasteiger partial charge on any atom is -0.355 e. The minimum absolute atomic E-state index is 0.0308. The van der Waals surface area contributed by atoms with E-state index >= 15 is 0 Å². The van der Waals surface area contributed by atoms with Gasteiger partial charge in [-0.15, -0.1) is 0 Å². The highest BCUT2D eigenvalue weighted by molar-refractivity contribution is 5.92. The molecule has 0 saturated heterocycles. The Labute approximate surface area is 117 Å². The molecule has 0 aliphatic heterocycles. The number of hydrogen-bond donors (Lipinski definition) is 2. The second-order valence-corrected chi connectivity index (χ2v) is 5.37. The molecular formula is C15H19FN2O2. The second kappa shape index (κ2) is 6.03. The van der Waals surface area contributed by atoms with Gasteiger partial charge in [0.05, 0.1) is 0 Å². The number of hydrogen-bond acceptors (Lipinski definition) is 2. The van der Waals surface area contributed by atoms with Crippen LogP contribution in [0.4, 0.5) is 10.1 Å². The van der Waals surface area contributed by atoms with Gasteiger partial charge in [-0.3, -0.25) is 9.59 Å².